The van der Waals surface area contributed by atoms with Gasteiger partial charge in [-0.2, -0.15) is 0 Å². The number of aliphatic hydroxyl groups excluding tert-OH is 2. The average molecular weight is 568 g/mol. The molecule has 3 amide bonds. The molecule has 14 nitrogen and oxygen atoms in total. The largest absolute Gasteiger partial charge is 0.434 e. The minimum Gasteiger partial charge on any atom is -0.395 e. The molecule has 41 heavy (non-hydrogen) atoms. The number of imide groups is 1. The summed E-state index contributed by atoms with van der Waals surface area (Å²) in [6.07, 6.45) is 3.84. The van der Waals surface area contributed by atoms with Gasteiger partial charge in [0, 0.05) is 47.2 Å². The molecular formula is C27H33N7O7. The van der Waals surface area contributed by atoms with E-state index in [-0.39, 0.29) is 44.7 Å². The molecule has 2 heterocycles. The highest BCUT2D eigenvalue weighted by Crippen LogP contribution is 2.34. The molecule has 0 bridgehead atoms. The molecule has 4 N–H and O–H groups in total. The molecule has 0 saturated carbocycles. The van der Waals surface area contributed by atoms with Crippen LogP contribution in [0, 0.1) is 10.1 Å². The number of nitrogens with one attached hydrogen (secondary N) is 2. The van der Waals surface area contributed by atoms with Gasteiger partial charge >= 0.3 is 5.95 Å². The van der Waals surface area contributed by atoms with Gasteiger partial charge in [-0.05, 0) is 49.1 Å². The molecular weight excluding hydrogens is 534 g/mol. The molecule has 4 rings (SSSR count). The number of rotatable bonds is 16. The number of nitrogens with zero attached hydrogens (tertiary/aromatic N) is 5. The van der Waals surface area contributed by atoms with Crippen molar-refractivity contribution in [3.63, 3.8) is 0 Å². The van der Waals surface area contributed by atoms with Crippen molar-refractivity contribution in [3.8, 4) is 0 Å². The Labute approximate surface area is 235 Å². The molecule has 1 aromatic heterocycles. The second-order valence-corrected chi connectivity index (χ2v) is 9.55. The second-order valence-electron chi connectivity index (χ2n) is 9.55. The van der Waals surface area contributed by atoms with Gasteiger partial charge in [-0.1, -0.05) is 17.1 Å². The smallest absolute Gasteiger partial charge is 0.395 e. The predicted molar refractivity (Wildman–Crippen MR) is 150 cm³/mol. The molecule has 218 valence electrons. The molecule has 0 radical (unpaired) electrons. The molecule has 0 saturated heterocycles. The molecule has 0 spiro atoms. The number of aromatic nitrogens is 2. The zero-order valence-corrected chi connectivity index (χ0v) is 22.5. The Kier molecular flexibility index (Phi) is 10.1. The Morgan fingerprint density at radius 2 is 1.73 bits per heavy atom. The van der Waals surface area contributed by atoms with Gasteiger partial charge in [0.2, 0.25) is 5.91 Å². The molecule has 14 heteroatoms. The lowest BCUT2D eigenvalue weighted by Crippen LogP contribution is -2.41. The van der Waals surface area contributed by atoms with Crippen LogP contribution in [-0.2, 0) is 11.3 Å². The van der Waals surface area contributed by atoms with Crippen molar-refractivity contribution in [3.05, 3.63) is 64.0 Å². The van der Waals surface area contributed by atoms with E-state index in [1.807, 2.05) is 4.90 Å². The summed E-state index contributed by atoms with van der Waals surface area (Å²) in [5.74, 6) is -1.51. The summed E-state index contributed by atoms with van der Waals surface area (Å²) in [4.78, 5) is 56.5. The fraction of sp³-hybridized carbons (Fsp3) is 0.407. The lowest BCUT2D eigenvalue weighted by molar-refractivity contribution is -0.396. The van der Waals surface area contributed by atoms with Crippen LogP contribution in [0.1, 0.15) is 33.6 Å². The van der Waals surface area contributed by atoms with E-state index in [0.717, 1.165) is 11.3 Å². The van der Waals surface area contributed by atoms with Crippen LogP contribution in [0.3, 0.4) is 0 Å². The summed E-state index contributed by atoms with van der Waals surface area (Å²) < 4.78 is 1.36. The van der Waals surface area contributed by atoms with Crippen molar-refractivity contribution in [1.82, 2.24) is 24.7 Å². The van der Waals surface area contributed by atoms with Gasteiger partial charge in [-0.25, -0.2) is 4.57 Å². The van der Waals surface area contributed by atoms with Gasteiger partial charge in [0.25, 0.3) is 11.8 Å². The lowest BCUT2D eigenvalue weighted by Gasteiger charge is -2.27. The highest BCUT2D eigenvalue weighted by Gasteiger charge is 2.33. The first kappa shape index (κ1) is 29.7. The van der Waals surface area contributed by atoms with Crippen LogP contribution in [0.4, 0.5) is 11.6 Å². The third-order valence-corrected chi connectivity index (χ3v) is 6.85. The maximum atomic E-state index is 13.3. The summed E-state index contributed by atoms with van der Waals surface area (Å²) in [5.41, 5.74) is 1.17. The van der Waals surface area contributed by atoms with Crippen molar-refractivity contribution in [1.29, 1.82) is 0 Å². The van der Waals surface area contributed by atoms with Gasteiger partial charge in [0.05, 0.1) is 26.3 Å². The van der Waals surface area contributed by atoms with Gasteiger partial charge < -0.3 is 31.0 Å². The quantitative estimate of drug-likeness (QED) is 0.0837. The minimum absolute atomic E-state index is 0.0125. The Balaban J connectivity index is 1.37. The van der Waals surface area contributed by atoms with E-state index >= 15 is 0 Å². The Bertz CT molecular complexity index is 1400. The average Bonchev–Trinajstić information content (AvgIpc) is 3.43. The van der Waals surface area contributed by atoms with Crippen LogP contribution in [-0.4, -0.2) is 105 Å². The zero-order valence-electron chi connectivity index (χ0n) is 22.5. The van der Waals surface area contributed by atoms with Gasteiger partial charge in [-0.15, -0.1) is 0 Å². The zero-order chi connectivity index (χ0) is 29.4. The van der Waals surface area contributed by atoms with Crippen molar-refractivity contribution in [2.45, 2.75) is 19.4 Å². The van der Waals surface area contributed by atoms with Crippen LogP contribution >= 0.6 is 0 Å². The minimum atomic E-state index is -0.588. The summed E-state index contributed by atoms with van der Waals surface area (Å²) in [5, 5.41) is 36.2. The normalized spacial score (nSPS) is 12.9. The summed E-state index contributed by atoms with van der Waals surface area (Å²) >= 11 is 0. The van der Waals surface area contributed by atoms with Gasteiger partial charge in [0.15, 0.2) is 0 Å². The molecule has 1 aliphatic heterocycles. The predicted octanol–water partition coefficient (Wildman–Crippen LogP) is 0.836. The van der Waals surface area contributed by atoms with Crippen molar-refractivity contribution >= 4 is 40.1 Å². The Morgan fingerprint density at radius 1 is 1.00 bits per heavy atom. The summed E-state index contributed by atoms with van der Waals surface area (Å²) in [6.45, 7) is 2.57. The molecule has 0 aliphatic carbocycles. The van der Waals surface area contributed by atoms with E-state index in [2.05, 4.69) is 15.6 Å². The Hall–Kier alpha value is -4.24. The van der Waals surface area contributed by atoms with E-state index in [1.54, 1.807) is 30.3 Å². The molecule has 0 fully saturated rings. The maximum absolute atomic E-state index is 13.3. The number of nitro groups is 1. The van der Waals surface area contributed by atoms with E-state index in [4.69, 9.17) is 10.2 Å². The van der Waals surface area contributed by atoms with E-state index in [0.29, 0.717) is 60.2 Å². The molecule has 0 unspecified atom stereocenters. The number of amides is 3. The summed E-state index contributed by atoms with van der Waals surface area (Å²) in [7, 11) is 0. The number of hydrogen-bond donors (Lipinski definition) is 4. The first-order valence-electron chi connectivity index (χ1n) is 13.4. The number of hydrogen-bond acceptors (Lipinski definition) is 10. The fourth-order valence-corrected chi connectivity index (χ4v) is 4.95. The number of carbonyl (C=O) groups is 3. The highest BCUT2D eigenvalue weighted by molar-refractivity contribution is 6.27. The topological polar surface area (TPSA) is 183 Å². The van der Waals surface area contributed by atoms with Crippen LogP contribution in [0.2, 0.25) is 0 Å². The SMILES string of the molecule is O=C(CNCCCN(CCO)CCO)Nc1ccc2c3c(cccc13)C(=O)N(CCCn1ccnc1[N+](=O)[O-])C2=O. The number of imidazole rings is 1. The lowest BCUT2D eigenvalue weighted by atomic mass is 9.93. The van der Waals surface area contributed by atoms with Crippen LogP contribution in [0.5, 0.6) is 0 Å². The first-order chi connectivity index (χ1) is 19.8. The number of anilines is 1. The number of aliphatic hydroxyl groups is 2. The van der Waals surface area contributed by atoms with Gasteiger partial charge in [0.1, 0.15) is 12.4 Å². The standard InChI is InChI=1S/C27H33N7O7/c35-16-14-31(15-17-36)10-2-8-28-18-23(37)30-22-7-6-21-24-19(22)4-1-5-20(24)25(38)33(26(21)39)12-3-11-32-13-9-29-27(32)34(40)41/h1,4-7,9,13,28,35-36H,2-3,8,10-12,14-18H2,(H,30,37). The first-order valence-corrected chi connectivity index (χ1v) is 13.4. The van der Waals surface area contributed by atoms with Crippen LogP contribution in [0.15, 0.2) is 42.7 Å². The van der Waals surface area contributed by atoms with Gasteiger partial charge in [-0.3, -0.25) is 24.2 Å². The van der Waals surface area contributed by atoms with Crippen LogP contribution in [0.25, 0.3) is 10.8 Å². The molecule has 2 aromatic carbocycles. The van der Waals surface area contributed by atoms with Crippen molar-refractivity contribution < 1.29 is 29.5 Å². The molecule has 3 aromatic rings. The molecule has 1 aliphatic rings. The molecule has 0 atom stereocenters. The van der Waals surface area contributed by atoms with E-state index < -0.39 is 16.7 Å². The number of aryl methyl sites for hydroxylation is 1. The van der Waals surface area contributed by atoms with E-state index in [1.165, 1.54) is 17.0 Å². The maximum Gasteiger partial charge on any atom is 0.434 e. The third kappa shape index (κ3) is 6.92. The monoisotopic (exact) mass is 567 g/mol. The van der Waals surface area contributed by atoms with E-state index in [9.17, 15) is 24.5 Å². The van der Waals surface area contributed by atoms with Crippen LogP contribution < -0.4 is 10.6 Å². The number of benzene rings is 2. The Morgan fingerprint density at radius 3 is 2.44 bits per heavy atom. The third-order valence-electron chi connectivity index (χ3n) is 6.85. The highest BCUT2D eigenvalue weighted by atomic mass is 16.6. The number of carbonyl (C=O) groups excluding carboxylic acids is 3. The summed E-state index contributed by atoms with van der Waals surface area (Å²) in [6, 6.07) is 8.31. The van der Waals surface area contributed by atoms with Crippen molar-refractivity contribution in [2.75, 3.05) is 57.8 Å². The van der Waals surface area contributed by atoms with Crippen molar-refractivity contribution in [2.24, 2.45) is 0 Å². The fourth-order valence-electron chi connectivity index (χ4n) is 4.95. The second kappa shape index (κ2) is 13.9.